The van der Waals surface area contributed by atoms with Gasteiger partial charge in [0.2, 0.25) is 0 Å². The van der Waals surface area contributed by atoms with Crippen LogP contribution >= 0.6 is 0 Å². The van der Waals surface area contributed by atoms with E-state index in [-0.39, 0.29) is 12.6 Å². The van der Waals surface area contributed by atoms with Crippen LogP contribution in [0.5, 0.6) is 0 Å². The number of piperidine rings is 1. The first kappa shape index (κ1) is 14.4. The minimum absolute atomic E-state index is 0.0726. The molecule has 0 aromatic rings. The first-order valence-corrected chi connectivity index (χ1v) is 7.16. The Bertz CT molecular complexity index is 382. The van der Waals surface area contributed by atoms with E-state index < -0.39 is 22.1 Å². The SMILES string of the molecule is CCN(C)S(=O)(=O)N1CC(C(=O)O)CCC1C. The maximum Gasteiger partial charge on any atom is 0.307 e. The lowest BCUT2D eigenvalue weighted by Crippen LogP contribution is -2.51. The van der Waals surface area contributed by atoms with Crippen molar-refractivity contribution in [3.63, 3.8) is 0 Å². The van der Waals surface area contributed by atoms with Crippen molar-refractivity contribution in [1.82, 2.24) is 8.61 Å². The van der Waals surface area contributed by atoms with Crippen LogP contribution in [0.15, 0.2) is 0 Å². The number of rotatable bonds is 4. The van der Waals surface area contributed by atoms with Gasteiger partial charge in [0.25, 0.3) is 10.2 Å². The van der Waals surface area contributed by atoms with Gasteiger partial charge in [0.05, 0.1) is 5.92 Å². The maximum atomic E-state index is 12.2. The molecule has 0 amide bonds. The van der Waals surface area contributed by atoms with E-state index >= 15 is 0 Å². The van der Waals surface area contributed by atoms with E-state index in [2.05, 4.69) is 0 Å². The highest BCUT2D eigenvalue weighted by Gasteiger charge is 2.38. The lowest BCUT2D eigenvalue weighted by molar-refractivity contribution is -0.143. The predicted molar refractivity (Wildman–Crippen MR) is 63.8 cm³/mol. The summed E-state index contributed by atoms with van der Waals surface area (Å²) in [6.45, 7) is 4.02. The molecule has 1 saturated heterocycles. The van der Waals surface area contributed by atoms with Crippen LogP contribution in [0.25, 0.3) is 0 Å². The van der Waals surface area contributed by atoms with Gasteiger partial charge in [0, 0.05) is 26.2 Å². The van der Waals surface area contributed by atoms with Gasteiger partial charge in [-0.15, -0.1) is 0 Å². The minimum atomic E-state index is -3.52. The molecule has 1 rings (SSSR count). The number of hydrogen-bond acceptors (Lipinski definition) is 3. The minimum Gasteiger partial charge on any atom is -0.481 e. The van der Waals surface area contributed by atoms with E-state index in [0.717, 1.165) is 0 Å². The first-order chi connectivity index (χ1) is 7.80. The summed E-state index contributed by atoms with van der Waals surface area (Å²) in [7, 11) is -2.02. The summed E-state index contributed by atoms with van der Waals surface area (Å²) in [4.78, 5) is 10.9. The number of nitrogens with zero attached hydrogens (tertiary/aromatic N) is 2. The number of aliphatic carboxylic acids is 1. The van der Waals surface area contributed by atoms with Crippen molar-refractivity contribution in [2.45, 2.75) is 32.7 Å². The molecule has 1 aliphatic rings. The molecular formula is C10H20N2O4S. The molecule has 0 aromatic carbocycles. The monoisotopic (exact) mass is 264 g/mol. The third kappa shape index (κ3) is 2.97. The Kier molecular flexibility index (Phi) is 4.51. The number of carbonyl (C=O) groups is 1. The smallest absolute Gasteiger partial charge is 0.307 e. The molecule has 0 bridgehead atoms. The molecular weight excluding hydrogens is 244 g/mol. The third-order valence-electron chi connectivity index (χ3n) is 3.31. The average Bonchev–Trinajstić information content (AvgIpc) is 2.27. The molecule has 100 valence electrons. The Labute approximate surface area is 102 Å². The molecule has 0 saturated carbocycles. The van der Waals surface area contributed by atoms with Gasteiger partial charge in [-0.2, -0.15) is 17.0 Å². The van der Waals surface area contributed by atoms with E-state index in [0.29, 0.717) is 19.4 Å². The number of hydrogen-bond donors (Lipinski definition) is 1. The quantitative estimate of drug-likeness (QED) is 0.795. The van der Waals surface area contributed by atoms with Crippen LogP contribution in [0, 0.1) is 5.92 Å². The number of carboxylic acids is 1. The summed E-state index contributed by atoms with van der Waals surface area (Å²) in [5, 5.41) is 8.97. The lowest BCUT2D eigenvalue weighted by atomic mass is 9.96. The fourth-order valence-electron chi connectivity index (χ4n) is 1.94. The summed E-state index contributed by atoms with van der Waals surface area (Å²) >= 11 is 0. The summed E-state index contributed by atoms with van der Waals surface area (Å²) in [5.74, 6) is -1.51. The van der Waals surface area contributed by atoms with Crippen molar-refractivity contribution in [2.24, 2.45) is 5.92 Å². The average molecular weight is 264 g/mol. The lowest BCUT2D eigenvalue weighted by Gasteiger charge is -2.37. The summed E-state index contributed by atoms with van der Waals surface area (Å²) in [5.41, 5.74) is 0. The van der Waals surface area contributed by atoms with Crippen molar-refractivity contribution < 1.29 is 18.3 Å². The van der Waals surface area contributed by atoms with Crippen molar-refractivity contribution >= 4 is 16.2 Å². The van der Waals surface area contributed by atoms with Crippen molar-refractivity contribution in [2.75, 3.05) is 20.1 Å². The molecule has 2 unspecified atom stereocenters. The van der Waals surface area contributed by atoms with Gasteiger partial charge in [0.1, 0.15) is 0 Å². The second-order valence-corrected chi connectivity index (χ2v) is 6.44. The van der Waals surface area contributed by atoms with Crippen LogP contribution in [0.1, 0.15) is 26.7 Å². The molecule has 6 nitrogen and oxygen atoms in total. The van der Waals surface area contributed by atoms with Gasteiger partial charge in [0.15, 0.2) is 0 Å². The second kappa shape index (κ2) is 5.32. The summed E-state index contributed by atoms with van der Waals surface area (Å²) < 4.78 is 26.9. The Hall–Kier alpha value is -0.660. The van der Waals surface area contributed by atoms with Gasteiger partial charge in [-0.05, 0) is 19.8 Å². The zero-order valence-electron chi connectivity index (χ0n) is 10.5. The first-order valence-electron chi connectivity index (χ1n) is 5.76. The highest BCUT2D eigenvalue weighted by molar-refractivity contribution is 7.86. The van der Waals surface area contributed by atoms with Gasteiger partial charge >= 0.3 is 5.97 Å². The summed E-state index contributed by atoms with van der Waals surface area (Å²) in [6.07, 6.45) is 1.13. The molecule has 1 fully saturated rings. The standard InChI is InChI=1S/C10H20N2O4S/c1-4-11(3)17(15,16)12-7-9(10(13)14)6-5-8(12)2/h8-9H,4-7H2,1-3H3,(H,13,14). The number of carboxylic acid groups (broad SMARTS) is 1. The molecule has 1 heterocycles. The second-order valence-electron chi connectivity index (χ2n) is 4.45. The van der Waals surface area contributed by atoms with Gasteiger partial charge in [-0.3, -0.25) is 4.79 Å². The molecule has 7 heteroatoms. The normalized spacial score (nSPS) is 27.3. The fourth-order valence-corrected chi connectivity index (χ4v) is 3.55. The highest BCUT2D eigenvalue weighted by atomic mass is 32.2. The van der Waals surface area contributed by atoms with E-state index in [1.165, 1.54) is 15.7 Å². The Morgan fingerprint density at radius 1 is 1.47 bits per heavy atom. The fraction of sp³-hybridized carbons (Fsp3) is 0.900. The van der Waals surface area contributed by atoms with E-state index in [1.54, 1.807) is 6.92 Å². The van der Waals surface area contributed by atoms with Gasteiger partial charge in [-0.1, -0.05) is 6.92 Å². The van der Waals surface area contributed by atoms with Gasteiger partial charge in [-0.25, -0.2) is 0 Å². The molecule has 0 radical (unpaired) electrons. The van der Waals surface area contributed by atoms with Crippen LogP contribution in [-0.2, 0) is 15.0 Å². The van der Waals surface area contributed by atoms with Crippen molar-refractivity contribution in [3.8, 4) is 0 Å². The highest BCUT2D eigenvalue weighted by Crippen LogP contribution is 2.25. The van der Waals surface area contributed by atoms with E-state index in [1.807, 2.05) is 6.92 Å². The Balaban J connectivity index is 2.91. The molecule has 17 heavy (non-hydrogen) atoms. The largest absolute Gasteiger partial charge is 0.481 e. The van der Waals surface area contributed by atoms with E-state index in [4.69, 9.17) is 5.11 Å². The van der Waals surface area contributed by atoms with Crippen molar-refractivity contribution in [1.29, 1.82) is 0 Å². The van der Waals surface area contributed by atoms with Crippen LogP contribution in [0.2, 0.25) is 0 Å². The van der Waals surface area contributed by atoms with Crippen LogP contribution in [-0.4, -0.2) is 54.3 Å². The molecule has 0 aliphatic carbocycles. The van der Waals surface area contributed by atoms with Gasteiger partial charge < -0.3 is 5.11 Å². The van der Waals surface area contributed by atoms with Crippen LogP contribution < -0.4 is 0 Å². The molecule has 1 N–H and O–H groups in total. The zero-order valence-corrected chi connectivity index (χ0v) is 11.3. The molecule has 1 aliphatic heterocycles. The molecule has 0 aromatic heterocycles. The Morgan fingerprint density at radius 2 is 2.06 bits per heavy atom. The van der Waals surface area contributed by atoms with E-state index in [9.17, 15) is 13.2 Å². The maximum absolute atomic E-state index is 12.2. The molecule has 2 atom stereocenters. The van der Waals surface area contributed by atoms with Crippen LogP contribution in [0.4, 0.5) is 0 Å². The summed E-state index contributed by atoms with van der Waals surface area (Å²) in [6, 6.07) is -0.135. The molecule has 0 spiro atoms. The van der Waals surface area contributed by atoms with Crippen molar-refractivity contribution in [3.05, 3.63) is 0 Å². The Morgan fingerprint density at radius 3 is 2.53 bits per heavy atom. The zero-order chi connectivity index (χ0) is 13.2. The topological polar surface area (TPSA) is 77.9 Å². The third-order valence-corrected chi connectivity index (χ3v) is 5.46. The predicted octanol–water partition coefficient (Wildman–Crippen LogP) is 0.368. The van der Waals surface area contributed by atoms with Crippen LogP contribution in [0.3, 0.4) is 0 Å².